The van der Waals surface area contributed by atoms with Crippen molar-refractivity contribution in [3.05, 3.63) is 24.0 Å². The van der Waals surface area contributed by atoms with Gasteiger partial charge in [0.25, 0.3) is 0 Å². The Kier molecular flexibility index (Phi) is 3.05. The van der Waals surface area contributed by atoms with E-state index in [-0.39, 0.29) is 5.41 Å². The molecule has 0 aliphatic carbocycles. The highest BCUT2D eigenvalue weighted by atomic mass is 15.3. The average molecular weight is 232 g/mol. The Balaban J connectivity index is 2.64. The monoisotopic (exact) mass is 232 g/mol. The molecule has 4 nitrogen and oxygen atoms in total. The SMILES string of the molecule is CCCC(C)(CC)c1c(N)nn2cccnc12. The highest BCUT2D eigenvalue weighted by molar-refractivity contribution is 5.62. The fourth-order valence-electron chi connectivity index (χ4n) is 2.51. The summed E-state index contributed by atoms with van der Waals surface area (Å²) >= 11 is 0. The normalized spacial score (nSPS) is 15.0. The lowest BCUT2D eigenvalue weighted by Crippen LogP contribution is -2.22. The van der Waals surface area contributed by atoms with Gasteiger partial charge < -0.3 is 5.73 Å². The van der Waals surface area contributed by atoms with Gasteiger partial charge in [0.2, 0.25) is 0 Å². The van der Waals surface area contributed by atoms with Crippen molar-refractivity contribution in [1.82, 2.24) is 14.6 Å². The number of hydrogen-bond donors (Lipinski definition) is 1. The minimum absolute atomic E-state index is 0.0644. The molecule has 2 N–H and O–H groups in total. The van der Waals surface area contributed by atoms with E-state index in [0.717, 1.165) is 30.5 Å². The second kappa shape index (κ2) is 4.35. The number of rotatable bonds is 4. The maximum atomic E-state index is 6.07. The minimum Gasteiger partial charge on any atom is -0.382 e. The van der Waals surface area contributed by atoms with Crippen LogP contribution in [0.25, 0.3) is 5.65 Å². The van der Waals surface area contributed by atoms with Gasteiger partial charge in [-0.1, -0.05) is 27.2 Å². The van der Waals surface area contributed by atoms with E-state index >= 15 is 0 Å². The fraction of sp³-hybridized carbons (Fsp3) is 0.538. The molecule has 92 valence electrons. The molecule has 0 aromatic carbocycles. The van der Waals surface area contributed by atoms with Crippen LogP contribution in [-0.2, 0) is 5.41 Å². The summed E-state index contributed by atoms with van der Waals surface area (Å²) < 4.78 is 1.77. The summed E-state index contributed by atoms with van der Waals surface area (Å²) in [5, 5.41) is 4.34. The maximum Gasteiger partial charge on any atom is 0.160 e. The van der Waals surface area contributed by atoms with Crippen LogP contribution >= 0.6 is 0 Å². The van der Waals surface area contributed by atoms with E-state index in [4.69, 9.17) is 5.73 Å². The summed E-state index contributed by atoms with van der Waals surface area (Å²) in [6.45, 7) is 6.64. The lowest BCUT2D eigenvalue weighted by atomic mass is 9.77. The topological polar surface area (TPSA) is 56.2 Å². The van der Waals surface area contributed by atoms with Crippen molar-refractivity contribution in [3.8, 4) is 0 Å². The zero-order valence-corrected chi connectivity index (χ0v) is 10.8. The summed E-state index contributed by atoms with van der Waals surface area (Å²) in [6, 6.07) is 1.87. The number of nitrogens with two attached hydrogens (primary N) is 1. The third kappa shape index (κ3) is 1.88. The Morgan fingerprint density at radius 2 is 2.18 bits per heavy atom. The number of fused-ring (bicyclic) bond motifs is 1. The lowest BCUT2D eigenvalue weighted by Gasteiger charge is -2.27. The average Bonchev–Trinajstić information content (AvgIpc) is 2.65. The molecule has 0 amide bonds. The highest BCUT2D eigenvalue weighted by Gasteiger charge is 2.30. The van der Waals surface area contributed by atoms with Gasteiger partial charge in [-0.05, 0) is 24.3 Å². The zero-order chi connectivity index (χ0) is 12.5. The van der Waals surface area contributed by atoms with E-state index in [1.807, 2.05) is 12.3 Å². The molecule has 0 spiro atoms. The smallest absolute Gasteiger partial charge is 0.160 e. The molecule has 0 aliphatic heterocycles. The van der Waals surface area contributed by atoms with Crippen LogP contribution in [0.2, 0.25) is 0 Å². The predicted molar refractivity (Wildman–Crippen MR) is 70.0 cm³/mol. The minimum atomic E-state index is 0.0644. The van der Waals surface area contributed by atoms with Gasteiger partial charge in [0, 0.05) is 18.0 Å². The number of nitrogen functional groups attached to an aromatic ring is 1. The molecule has 1 atom stereocenters. The molecule has 4 heteroatoms. The van der Waals surface area contributed by atoms with E-state index in [1.54, 1.807) is 10.7 Å². The molecule has 0 saturated heterocycles. The molecule has 1 unspecified atom stereocenters. The van der Waals surface area contributed by atoms with Gasteiger partial charge in [-0.2, -0.15) is 0 Å². The Hall–Kier alpha value is -1.58. The van der Waals surface area contributed by atoms with Crippen molar-refractivity contribution in [1.29, 1.82) is 0 Å². The first-order valence-electron chi connectivity index (χ1n) is 6.21. The van der Waals surface area contributed by atoms with Crippen LogP contribution in [0.5, 0.6) is 0 Å². The number of hydrogen-bond acceptors (Lipinski definition) is 3. The van der Waals surface area contributed by atoms with Crippen molar-refractivity contribution in [2.45, 2.75) is 45.4 Å². The van der Waals surface area contributed by atoms with Gasteiger partial charge in [-0.15, -0.1) is 5.10 Å². The molecular weight excluding hydrogens is 212 g/mol. The Labute approximate surface area is 102 Å². The van der Waals surface area contributed by atoms with Crippen molar-refractivity contribution in [2.24, 2.45) is 0 Å². The molecule has 17 heavy (non-hydrogen) atoms. The van der Waals surface area contributed by atoms with E-state index in [9.17, 15) is 0 Å². The first-order valence-corrected chi connectivity index (χ1v) is 6.21. The van der Waals surface area contributed by atoms with Crippen molar-refractivity contribution < 1.29 is 0 Å². The van der Waals surface area contributed by atoms with Crippen LogP contribution in [0.15, 0.2) is 18.5 Å². The number of nitrogens with zero attached hydrogens (tertiary/aromatic N) is 3. The third-order valence-electron chi connectivity index (χ3n) is 3.61. The third-order valence-corrected chi connectivity index (χ3v) is 3.61. The molecule has 2 rings (SSSR count). The molecule has 0 radical (unpaired) electrons. The Morgan fingerprint density at radius 3 is 2.82 bits per heavy atom. The zero-order valence-electron chi connectivity index (χ0n) is 10.8. The summed E-state index contributed by atoms with van der Waals surface area (Å²) in [6.07, 6.45) is 6.97. The quantitative estimate of drug-likeness (QED) is 0.881. The largest absolute Gasteiger partial charge is 0.382 e. The van der Waals surface area contributed by atoms with Crippen molar-refractivity contribution in [3.63, 3.8) is 0 Å². The summed E-state index contributed by atoms with van der Waals surface area (Å²) in [5.74, 6) is 0.613. The number of anilines is 1. The Morgan fingerprint density at radius 1 is 1.41 bits per heavy atom. The van der Waals surface area contributed by atoms with Crippen LogP contribution in [0.4, 0.5) is 5.82 Å². The van der Waals surface area contributed by atoms with Crippen LogP contribution < -0.4 is 5.73 Å². The molecular formula is C13H20N4. The first kappa shape index (κ1) is 11.9. The van der Waals surface area contributed by atoms with Crippen LogP contribution in [0.1, 0.15) is 45.6 Å². The summed E-state index contributed by atoms with van der Waals surface area (Å²) in [7, 11) is 0. The van der Waals surface area contributed by atoms with Crippen molar-refractivity contribution in [2.75, 3.05) is 5.73 Å². The molecule has 0 fully saturated rings. The summed E-state index contributed by atoms with van der Waals surface area (Å²) in [4.78, 5) is 4.42. The number of aromatic nitrogens is 3. The van der Waals surface area contributed by atoms with E-state index < -0.39 is 0 Å². The lowest BCUT2D eigenvalue weighted by molar-refractivity contribution is 0.418. The second-order valence-corrected chi connectivity index (χ2v) is 4.81. The van der Waals surface area contributed by atoms with E-state index in [1.165, 1.54) is 0 Å². The van der Waals surface area contributed by atoms with Gasteiger partial charge in [-0.25, -0.2) is 9.50 Å². The van der Waals surface area contributed by atoms with Gasteiger partial charge in [-0.3, -0.25) is 0 Å². The van der Waals surface area contributed by atoms with E-state index in [0.29, 0.717) is 5.82 Å². The van der Waals surface area contributed by atoms with Crippen LogP contribution in [-0.4, -0.2) is 14.6 Å². The highest BCUT2D eigenvalue weighted by Crippen LogP contribution is 2.37. The van der Waals surface area contributed by atoms with Crippen LogP contribution in [0.3, 0.4) is 0 Å². The second-order valence-electron chi connectivity index (χ2n) is 4.81. The molecule has 2 aromatic rings. The molecule has 0 bridgehead atoms. The standard InChI is InChI=1S/C13H20N4/c1-4-7-13(3,5-2)10-11(14)16-17-9-6-8-15-12(10)17/h6,8-9H,4-5,7H2,1-3H3,(H2,14,16). The fourth-order valence-corrected chi connectivity index (χ4v) is 2.51. The molecule has 0 aliphatic rings. The molecule has 2 aromatic heterocycles. The van der Waals surface area contributed by atoms with Crippen LogP contribution in [0, 0.1) is 0 Å². The van der Waals surface area contributed by atoms with E-state index in [2.05, 4.69) is 30.9 Å². The van der Waals surface area contributed by atoms with Gasteiger partial charge in [0.15, 0.2) is 11.5 Å². The Bertz CT molecular complexity index is 517. The predicted octanol–water partition coefficient (Wildman–Crippen LogP) is 2.78. The molecule has 0 saturated carbocycles. The summed E-state index contributed by atoms with van der Waals surface area (Å²) in [5.41, 5.74) is 8.13. The first-order chi connectivity index (χ1) is 8.12. The van der Waals surface area contributed by atoms with Gasteiger partial charge >= 0.3 is 0 Å². The molecule has 2 heterocycles. The van der Waals surface area contributed by atoms with Gasteiger partial charge in [0.1, 0.15) is 0 Å². The van der Waals surface area contributed by atoms with Crippen molar-refractivity contribution >= 4 is 11.5 Å². The van der Waals surface area contributed by atoms with Gasteiger partial charge in [0.05, 0.1) is 0 Å². The maximum absolute atomic E-state index is 6.07.